The van der Waals surface area contributed by atoms with Gasteiger partial charge in [-0.2, -0.15) is 0 Å². The minimum Gasteiger partial charge on any atom is -0.324 e. The smallest absolute Gasteiger partial charge is 0.137 e. The molecule has 3 atom stereocenters. The van der Waals surface area contributed by atoms with Gasteiger partial charge >= 0.3 is 0 Å². The van der Waals surface area contributed by atoms with E-state index >= 15 is 0 Å². The van der Waals surface area contributed by atoms with Crippen molar-refractivity contribution in [3.8, 4) is 0 Å². The lowest BCUT2D eigenvalue weighted by Crippen LogP contribution is -2.30. The third-order valence-corrected chi connectivity index (χ3v) is 4.93. The van der Waals surface area contributed by atoms with E-state index in [9.17, 15) is 4.39 Å². The van der Waals surface area contributed by atoms with Gasteiger partial charge in [0.1, 0.15) is 5.82 Å². The van der Waals surface area contributed by atoms with Crippen LogP contribution in [0.5, 0.6) is 0 Å². The van der Waals surface area contributed by atoms with Crippen molar-refractivity contribution >= 4 is 15.9 Å². The lowest BCUT2D eigenvalue weighted by Gasteiger charge is -2.35. The van der Waals surface area contributed by atoms with Crippen LogP contribution < -0.4 is 5.73 Å². The van der Waals surface area contributed by atoms with Gasteiger partial charge in [0.2, 0.25) is 0 Å². The van der Waals surface area contributed by atoms with E-state index in [0.29, 0.717) is 16.3 Å². The molecular weight excluding hydrogens is 293 g/mol. The molecule has 0 heterocycles. The number of benzene rings is 1. The van der Waals surface area contributed by atoms with Crippen molar-refractivity contribution < 1.29 is 4.39 Å². The van der Waals surface area contributed by atoms with E-state index in [0.717, 1.165) is 5.56 Å². The molecule has 2 rings (SSSR count). The van der Waals surface area contributed by atoms with Crippen LogP contribution in [0.15, 0.2) is 22.7 Å². The van der Waals surface area contributed by atoms with E-state index in [1.54, 1.807) is 12.1 Å². The lowest BCUT2D eigenvalue weighted by molar-refractivity contribution is 0.196. The largest absolute Gasteiger partial charge is 0.324 e. The van der Waals surface area contributed by atoms with Crippen molar-refractivity contribution in [2.75, 3.05) is 0 Å². The molecule has 1 nitrogen and oxygen atoms in total. The van der Waals surface area contributed by atoms with Gasteiger partial charge in [0.05, 0.1) is 4.47 Å². The highest BCUT2D eigenvalue weighted by Crippen LogP contribution is 2.39. The molecule has 0 amide bonds. The zero-order chi connectivity index (χ0) is 13.1. The highest BCUT2D eigenvalue weighted by Gasteiger charge is 2.29. The van der Waals surface area contributed by atoms with Gasteiger partial charge < -0.3 is 5.73 Å². The highest BCUT2D eigenvalue weighted by atomic mass is 79.9. The first-order chi connectivity index (χ1) is 8.63. The first-order valence-electron chi connectivity index (χ1n) is 6.84. The molecule has 3 heteroatoms. The van der Waals surface area contributed by atoms with Crippen LogP contribution in [0.3, 0.4) is 0 Å². The van der Waals surface area contributed by atoms with Gasteiger partial charge in [-0.25, -0.2) is 4.39 Å². The number of hydrogen-bond acceptors (Lipinski definition) is 1. The molecule has 1 aromatic rings. The van der Waals surface area contributed by atoms with Crippen LogP contribution in [0.25, 0.3) is 0 Å². The summed E-state index contributed by atoms with van der Waals surface area (Å²) in [5, 5.41) is 0. The Kier molecular flexibility index (Phi) is 4.79. The monoisotopic (exact) mass is 313 g/mol. The van der Waals surface area contributed by atoms with Crippen molar-refractivity contribution in [3.63, 3.8) is 0 Å². The molecule has 3 unspecified atom stereocenters. The summed E-state index contributed by atoms with van der Waals surface area (Å²) in [4.78, 5) is 0. The Balaban J connectivity index is 2.18. The molecule has 1 aromatic carbocycles. The Bertz CT molecular complexity index is 407. The summed E-state index contributed by atoms with van der Waals surface area (Å²) in [7, 11) is 0. The fraction of sp³-hybridized carbons (Fsp3) is 0.600. The maximum absolute atomic E-state index is 13.6. The first-order valence-corrected chi connectivity index (χ1v) is 7.63. The van der Waals surface area contributed by atoms with Crippen LogP contribution in [-0.4, -0.2) is 0 Å². The molecule has 1 saturated carbocycles. The quantitative estimate of drug-likeness (QED) is 0.852. The summed E-state index contributed by atoms with van der Waals surface area (Å²) in [6, 6.07) is 5.25. The Morgan fingerprint density at radius 1 is 1.39 bits per heavy atom. The Hall–Kier alpha value is -0.410. The zero-order valence-electron chi connectivity index (χ0n) is 10.8. The molecule has 2 N–H and O–H groups in total. The molecule has 0 saturated heterocycles. The van der Waals surface area contributed by atoms with Gasteiger partial charge in [-0.1, -0.05) is 38.7 Å². The molecule has 0 spiro atoms. The molecular formula is C15H21BrFN. The van der Waals surface area contributed by atoms with Gasteiger partial charge in [-0.05, 0) is 51.9 Å². The Morgan fingerprint density at radius 2 is 2.11 bits per heavy atom. The molecule has 0 radical (unpaired) electrons. The summed E-state index contributed by atoms with van der Waals surface area (Å²) in [6.07, 6.45) is 6.20. The van der Waals surface area contributed by atoms with E-state index in [-0.39, 0.29) is 11.9 Å². The fourth-order valence-corrected chi connectivity index (χ4v) is 3.43. The topological polar surface area (TPSA) is 26.0 Å². The fourth-order valence-electron chi connectivity index (χ4n) is 3.18. The SMILES string of the molecule is CCC1CCCCC1C(N)c1ccc(Br)c(F)c1. The van der Waals surface area contributed by atoms with Crippen molar-refractivity contribution in [1.29, 1.82) is 0 Å². The van der Waals surface area contributed by atoms with Gasteiger partial charge in [-0.15, -0.1) is 0 Å². The minimum atomic E-state index is -0.216. The maximum atomic E-state index is 13.6. The second-order valence-corrected chi connectivity index (χ2v) is 6.17. The molecule has 0 bridgehead atoms. The predicted molar refractivity (Wildman–Crippen MR) is 76.8 cm³/mol. The van der Waals surface area contributed by atoms with Crippen LogP contribution in [0.1, 0.15) is 50.6 Å². The number of rotatable bonds is 3. The predicted octanol–water partition coefficient (Wildman–Crippen LogP) is 4.80. The molecule has 1 aliphatic carbocycles. The Morgan fingerprint density at radius 3 is 2.78 bits per heavy atom. The van der Waals surface area contributed by atoms with E-state index < -0.39 is 0 Å². The average Bonchev–Trinajstić information content (AvgIpc) is 2.41. The molecule has 1 fully saturated rings. The molecule has 100 valence electrons. The second kappa shape index (κ2) is 6.16. The summed E-state index contributed by atoms with van der Waals surface area (Å²) in [5.41, 5.74) is 7.30. The Labute approximate surface area is 117 Å². The van der Waals surface area contributed by atoms with E-state index in [2.05, 4.69) is 22.9 Å². The third-order valence-electron chi connectivity index (χ3n) is 4.28. The lowest BCUT2D eigenvalue weighted by atomic mass is 9.72. The van der Waals surface area contributed by atoms with Gasteiger partial charge in [0, 0.05) is 6.04 Å². The molecule has 1 aliphatic rings. The highest BCUT2D eigenvalue weighted by molar-refractivity contribution is 9.10. The molecule has 0 aromatic heterocycles. The number of nitrogens with two attached hydrogens (primary N) is 1. The number of hydrogen-bond donors (Lipinski definition) is 1. The summed E-state index contributed by atoms with van der Waals surface area (Å²) < 4.78 is 14.1. The minimum absolute atomic E-state index is 0.0298. The van der Waals surface area contributed by atoms with Crippen LogP contribution in [0, 0.1) is 17.7 Å². The number of halogens is 2. The van der Waals surface area contributed by atoms with Gasteiger partial charge in [0.15, 0.2) is 0 Å². The van der Waals surface area contributed by atoms with E-state index in [4.69, 9.17) is 5.73 Å². The van der Waals surface area contributed by atoms with Crippen molar-refractivity contribution in [1.82, 2.24) is 0 Å². The summed E-state index contributed by atoms with van der Waals surface area (Å²) in [5.74, 6) is 0.983. The first kappa shape index (κ1) is 14.0. The molecule has 18 heavy (non-hydrogen) atoms. The van der Waals surface area contributed by atoms with Crippen molar-refractivity contribution in [2.45, 2.75) is 45.1 Å². The van der Waals surface area contributed by atoms with Crippen LogP contribution in [0.4, 0.5) is 4.39 Å². The van der Waals surface area contributed by atoms with Gasteiger partial charge in [-0.3, -0.25) is 0 Å². The van der Waals surface area contributed by atoms with E-state index in [1.165, 1.54) is 32.1 Å². The summed E-state index contributed by atoms with van der Waals surface area (Å²) >= 11 is 3.18. The molecule has 0 aliphatic heterocycles. The van der Waals surface area contributed by atoms with Crippen molar-refractivity contribution in [2.24, 2.45) is 17.6 Å². The second-order valence-electron chi connectivity index (χ2n) is 5.32. The van der Waals surface area contributed by atoms with Crippen LogP contribution >= 0.6 is 15.9 Å². The van der Waals surface area contributed by atoms with E-state index in [1.807, 2.05) is 6.07 Å². The summed E-state index contributed by atoms with van der Waals surface area (Å²) in [6.45, 7) is 2.23. The standard InChI is InChI=1S/C15H21BrFN/c1-2-10-5-3-4-6-12(10)15(18)11-7-8-13(16)14(17)9-11/h7-10,12,15H,2-6,18H2,1H3. The van der Waals surface area contributed by atoms with Gasteiger partial charge in [0.25, 0.3) is 0 Å². The maximum Gasteiger partial charge on any atom is 0.137 e. The van der Waals surface area contributed by atoms with Crippen LogP contribution in [0.2, 0.25) is 0 Å². The average molecular weight is 314 g/mol. The normalized spacial score (nSPS) is 26.0. The third kappa shape index (κ3) is 2.94. The van der Waals surface area contributed by atoms with Crippen molar-refractivity contribution in [3.05, 3.63) is 34.1 Å². The van der Waals surface area contributed by atoms with Crippen LogP contribution in [-0.2, 0) is 0 Å². The zero-order valence-corrected chi connectivity index (χ0v) is 12.4.